The molecule has 0 aliphatic carbocycles. The lowest BCUT2D eigenvalue weighted by molar-refractivity contribution is 0.0254. The fraction of sp³-hybridized carbons (Fsp3) is 0.571. The van der Waals surface area contributed by atoms with Gasteiger partial charge in [0, 0.05) is 50.5 Å². The van der Waals surface area contributed by atoms with E-state index in [2.05, 4.69) is 36.8 Å². The molecule has 7 nitrogen and oxygen atoms in total. The lowest BCUT2D eigenvalue weighted by atomic mass is 9.97. The summed E-state index contributed by atoms with van der Waals surface area (Å²) in [4.78, 5) is 22.4. The summed E-state index contributed by atoms with van der Waals surface area (Å²) in [7, 11) is 2.14. The monoisotopic (exact) mass is 481 g/mol. The Labute approximate surface area is 209 Å². The molecule has 0 saturated carbocycles. The van der Waals surface area contributed by atoms with E-state index in [4.69, 9.17) is 9.47 Å². The molecule has 35 heavy (non-hydrogen) atoms. The molecule has 1 amide bonds. The van der Waals surface area contributed by atoms with Crippen molar-refractivity contribution in [2.24, 2.45) is 11.8 Å². The van der Waals surface area contributed by atoms with E-state index in [0.717, 1.165) is 55.8 Å². The van der Waals surface area contributed by atoms with Crippen molar-refractivity contribution in [1.29, 1.82) is 0 Å². The number of hydrogen-bond donors (Lipinski definition) is 1. The van der Waals surface area contributed by atoms with Crippen LogP contribution in [0, 0.1) is 18.8 Å². The molecule has 7 heteroatoms. The van der Waals surface area contributed by atoms with Crippen molar-refractivity contribution in [3.63, 3.8) is 0 Å². The lowest BCUT2D eigenvalue weighted by Gasteiger charge is -2.38. The minimum Gasteiger partial charge on any atom is -0.472 e. The zero-order chi connectivity index (χ0) is 24.9. The van der Waals surface area contributed by atoms with Gasteiger partial charge in [0.2, 0.25) is 5.88 Å². The second kappa shape index (κ2) is 11.5. The summed E-state index contributed by atoms with van der Waals surface area (Å²) in [5.41, 5.74) is 3.50. The summed E-state index contributed by atoms with van der Waals surface area (Å²) in [5, 5.41) is 9.90. The molecule has 1 aromatic heterocycles. The summed E-state index contributed by atoms with van der Waals surface area (Å²) < 4.78 is 12.0. The fourth-order valence-corrected chi connectivity index (χ4v) is 5.12. The summed E-state index contributed by atoms with van der Waals surface area (Å²) in [6.07, 6.45) is 3.85. The van der Waals surface area contributed by atoms with Gasteiger partial charge in [0.05, 0.1) is 12.6 Å². The maximum Gasteiger partial charge on any atom is 0.259 e. The Bertz CT molecular complexity index is 1010. The van der Waals surface area contributed by atoms with Gasteiger partial charge in [-0.05, 0) is 56.8 Å². The Hall–Kier alpha value is -2.48. The first-order valence-corrected chi connectivity index (χ1v) is 12.8. The van der Waals surface area contributed by atoms with E-state index < -0.39 is 0 Å². The molecule has 1 aromatic carbocycles. The van der Waals surface area contributed by atoms with Gasteiger partial charge in [0.15, 0.2) is 0 Å². The van der Waals surface area contributed by atoms with Crippen LogP contribution in [-0.2, 0) is 4.74 Å². The quantitative estimate of drug-likeness (QED) is 0.651. The van der Waals surface area contributed by atoms with Crippen LogP contribution >= 0.6 is 0 Å². The number of amides is 1. The molecular formula is C28H39N3O4. The molecule has 0 radical (unpaired) electrons. The van der Waals surface area contributed by atoms with Crippen LogP contribution in [0.1, 0.15) is 42.6 Å². The topological polar surface area (TPSA) is 75.1 Å². The number of fused-ring (bicyclic) bond motifs is 1. The van der Waals surface area contributed by atoms with Gasteiger partial charge in [-0.3, -0.25) is 4.79 Å². The molecule has 0 unspecified atom stereocenters. The molecule has 2 aromatic rings. The smallest absolute Gasteiger partial charge is 0.259 e. The molecule has 0 bridgehead atoms. The number of aryl methyl sites for hydroxylation is 1. The van der Waals surface area contributed by atoms with Crippen LogP contribution in [-0.4, -0.2) is 84.4 Å². The van der Waals surface area contributed by atoms with E-state index in [1.54, 1.807) is 11.1 Å². The number of aliphatic hydroxyl groups is 1. The Morgan fingerprint density at radius 3 is 2.66 bits per heavy atom. The third-order valence-electron chi connectivity index (χ3n) is 7.38. The van der Waals surface area contributed by atoms with Crippen LogP contribution in [0.3, 0.4) is 0 Å². The number of nitrogens with zero attached hydrogens (tertiary/aromatic N) is 3. The Morgan fingerprint density at radius 2 is 1.94 bits per heavy atom. The standard InChI is InChI=1S/C28H39N3O4/c1-19-7-5-6-8-24(19)23-13-25-27(29-14-23)35-26(17-30(4)16-22-9-11-34-12-10-22)20(2)15-31(28(25)33)21(3)18-32/h5-8,13-14,20-22,26,32H,9-12,15-18H2,1-4H3/t20-,21+,26-/m1/s1. The van der Waals surface area contributed by atoms with E-state index >= 15 is 0 Å². The number of pyridine rings is 1. The van der Waals surface area contributed by atoms with Crippen LogP contribution in [0.4, 0.5) is 0 Å². The van der Waals surface area contributed by atoms with Gasteiger partial charge in [0.1, 0.15) is 11.7 Å². The van der Waals surface area contributed by atoms with Crippen LogP contribution < -0.4 is 4.74 Å². The summed E-state index contributed by atoms with van der Waals surface area (Å²) in [6.45, 7) is 9.90. The molecule has 1 N–H and O–H groups in total. The summed E-state index contributed by atoms with van der Waals surface area (Å²) >= 11 is 0. The third kappa shape index (κ3) is 6.02. The van der Waals surface area contributed by atoms with Gasteiger partial charge in [0.25, 0.3) is 5.91 Å². The summed E-state index contributed by atoms with van der Waals surface area (Å²) in [5.74, 6) is 0.937. The molecule has 2 aliphatic heterocycles. The average Bonchev–Trinajstić information content (AvgIpc) is 2.86. The Balaban J connectivity index is 1.63. The molecule has 4 rings (SSSR count). The molecule has 190 valence electrons. The van der Waals surface area contributed by atoms with Crippen LogP contribution in [0.2, 0.25) is 0 Å². The lowest BCUT2D eigenvalue weighted by Crippen LogP contribution is -2.50. The highest BCUT2D eigenvalue weighted by molar-refractivity contribution is 5.98. The van der Waals surface area contributed by atoms with Crippen molar-refractivity contribution < 1.29 is 19.4 Å². The number of carbonyl (C=O) groups is 1. The van der Waals surface area contributed by atoms with Crippen molar-refractivity contribution in [3.8, 4) is 17.0 Å². The second-order valence-electron chi connectivity index (χ2n) is 10.3. The van der Waals surface area contributed by atoms with Gasteiger partial charge in [-0.15, -0.1) is 0 Å². The number of carbonyl (C=O) groups excluding carboxylic acids is 1. The maximum atomic E-state index is 13.7. The minimum absolute atomic E-state index is 0.0797. The summed E-state index contributed by atoms with van der Waals surface area (Å²) in [6, 6.07) is 9.68. The van der Waals surface area contributed by atoms with Crippen LogP contribution in [0.15, 0.2) is 36.5 Å². The highest BCUT2D eigenvalue weighted by Gasteiger charge is 2.34. The van der Waals surface area contributed by atoms with E-state index in [-0.39, 0.29) is 30.6 Å². The van der Waals surface area contributed by atoms with Gasteiger partial charge in [-0.2, -0.15) is 0 Å². The highest BCUT2D eigenvalue weighted by Crippen LogP contribution is 2.31. The number of ether oxygens (including phenoxy) is 2. The Morgan fingerprint density at radius 1 is 1.20 bits per heavy atom. The van der Waals surface area contributed by atoms with E-state index in [1.165, 1.54) is 0 Å². The predicted molar refractivity (Wildman–Crippen MR) is 137 cm³/mol. The predicted octanol–water partition coefficient (Wildman–Crippen LogP) is 3.64. The number of hydrogen-bond acceptors (Lipinski definition) is 6. The third-order valence-corrected chi connectivity index (χ3v) is 7.38. The maximum absolute atomic E-state index is 13.7. The van der Waals surface area contributed by atoms with Crippen LogP contribution in [0.5, 0.6) is 5.88 Å². The van der Waals surface area contributed by atoms with Gasteiger partial charge in [-0.25, -0.2) is 4.98 Å². The van der Waals surface area contributed by atoms with Crippen molar-refractivity contribution in [3.05, 3.63) is 47.7 Å². The molecule has 0 spiro atoms. The molecular weight excluding hydrogens is 442 g/mol. The number of aromatic nitrogens is 1. The zero-order valence-corrected chi connectivity index (χ0v) is 21.4. The van der Waals surface area contributed by atoms with E-state index in [1.807, 2.05) is 31.2 Å². The van der Waals surface area contributed by atoms with E-state index in [9.17, 15) is 9.90 Å². The SMILES string of the molecule is Cc1ccccc1-c1cnc2c(c1)C(=O)N([C@@H](C)CO)C[C@@H](C)[C@@H](CN(C)CC1CCOCC1)O2. The zero-order valence-electron chi connectivity index (χ0n) is 21.4. The van der Waals surface area contributed by atoms with Crippen molar-refractivity contribution in [2.45, 2.75) is 45.8 Å². The highest BCUT2D eigenvalue weighted by atomic mass is 16.5. The fourth-order valence-electron chi connectivity index (χ4n) is 5.12. The molecule has 1 fully saturated rings. The number of rotatable bonds is 7. The minimum atomic E-state index is -0.293. The molecule has 2 aliphatic rings. The largest absolute Gasteiger partial charge is 0.472 e. The number of likely N-dealkylation sites (N-methyl/N-ethyl adjacent to an activating group) is 1. The number of aliphatic hydroxyl groups excluding tert-OH is 1. The van der Waals surface area contributed by atoms with E-state index in [0.29, 0.717) is 23.9 Å². The second-order valence-corrected chi connectivity index (χ2v) is 10.3. The van der Waals surface area contributed by atoms with Crippen molar-refractivity contribution >= 4 is 5.91 Å². The first-order valence-electron chi connectivity index (χ1n) is 12.8. The Kier molecular flexibility index (Phi) is 8.42. The first-order chi connectivity index (χ1) is 16.9. The van der Waals surface area contributed by atoms with Gasteiger partial charge in [-0.1, -0.05) is 31.2 Å². The van der Waals surface area contributed by atoms with Gasteiger partial charge < -0.3 is 24.4 Å². The van der Waals surface area contributed by atoms with Crippen molar-refractivity contribution in [1.82, 2.24) is 14.8 Å². The molecule has 3 heterocycles. The first kappa shape index (κ1) is 25.6. The average molecular weight is 482 g/mol. The normalized spacial score (nSPS) is 22.3. The molecule has 1 saturated heterocycles. The number of benzene rings is 1. The van der Waals surface area contributed by atoms with Crippen LogP contribution in [0.25, 0.3) is 11.1 Å². The van der Waals surface area contributed by atoms with Gasteiger partial charge >= 0.3 is 0 Å². The molecule has 3 atom stereocenters. The van der Waals surface area contributed by atoms with Crippen molar-refractivity contribution in [2.75, 3.05) is 46.5 Å².